The number of amides is 3. The van der Waals surface area contributed by atoms with Crippen molar-refractivity contribution in [2.24, 2.45) is 0 Å². The molecule has 8 heteroatoms. The quantitative estimate of drug-likeness (QED) is 0.673. The van der Waals surface area contributed by atoms with Crippen molar-refractivity contribution in [1.82, 2.24) is 5.32 Å². The van der Waals surface area contributed by atoms with Crippen LogP contribution in [0.3, 0.4) is 0 Å². The molecule has 0 saturated heterocycles. The molecule has 0 aliphatic carbocycles. The molecule has 1 aromatic carbocycles. The molecular formula is C16H23ClN3O4+. The molecule has 1 rings (SSSR count). The van der Waals surface area contributed by atoms with E-state index in [9.17, 15) is 14.4 Å². The largest absolute Gasteiger partial charge is 0.450 e. The van der Waals surface area contributed by atoms with Crippen molar-refractivity contribution in [3.8, 4) is 0 Å². The van der Waals surface area contributed by atoms with Gasteiger partial charge in [-0.2, -0.15) is 0 Å². The third kappa shape index (κ3) is 6.97. The summed E-state index contributed by atoms with van der Waals surface area (Å²) in [7, 11) is 0. The number of ether oxygens (including phenoxy) is 1. The van der Waals surface area contributed by atoms with Crippen molar-refractivity contribution in [3.63, 3.8) is 0 Å². The molecule has 0 aromatic heterocycles. The van der Waals surface area contributed by atoms with Crippen LogP contribution < -0.4 is 15.5 Å². The first kappa shape index (κ1) is 19.9. The van der Waals surface area contributed by atoms with E-state index in [4.69, 9.17) is 11.6 Å². The highest BCUT2D eigenvalue weighted by atomic mass is 35.5. The smallest absolute Gasteiger partial charge is 0.414 e. The van der Waals surface area contributed by atoms with Crippen molar-refractivity contribution in [3.05, 3.63) is 28.8 Å². The van der Waals surface area contributed by atoms with Gasteiger partial charge in [0.25, 0.3) is 11.8 Å². The first-order chi connectivity index (χ1) is 11.3. The predicted molar refractivity (Wildman–Crippen MR) is 91.2 cm³/mol. The topological polar surface area (TPSA) is 88.9 Å². The van der Waals surface area contributed by atoms with Crippen LogP contribution in [0.25, 0.3) is 0 Å². The normalized spacial score (nSPS) is 11.5. The Hall–Kier alpha value is -2.12. The molecule has 0 saturated carbocycles. The van der Waals surface area contributed by atoms with Crippen molar-refractivity contribution < 1.29 is 24.0 Å². The molecule has 1 aromatic rings. The van der Waals surface area contributed by atoms with Crippen molar-refractivity contribution >= 4 is 35.2 Å². The van der Waals surface area contributed by atoms with E-state index in [2.05, 4.69) is 15.4 Å². The maximum atomic E-state index is 12.1. The van der Waals surface area contributed by atoms with Gasteiger partial charge in [-0.25, -0.2) is 4.79 Å². The lowest BCUT2D eigenvalue weighted by molar-refractivity contribution is -0.881. The molecule has 0 aliphatic rings. The summed E-state index contributed by atoms with van der Waals surface area (Å²) >= 11 is 6.08. The second-order valence-corrected chi connectivity index (χ2v) is 5.66. The Morgan fingerprint density at radius 3 is 2.42 bits per heavy atom. The van der Waals surface area contributed by atoms with E-state index in [-0.39, 0.29) is 25.6 Å². The number of alkyl carbamates (subject to hydrolysis) is 1. The predicted octanol–water partition coefficient (Wildman–Crippen LogP) is 0.764. The van der Waals surface area contributed by atoms with Gasteiger partial charge in [-0.15, -0.1) is 0 Å². The number of benzene rings is 1. The van der Waals surface area contributed by atoms with E-state index in [1.165, 1.54) is 0 Å². The maximum Gasteiger partial charge on any atom is 0.414 e. The monoisotopic (exact) mass is 356 g/mol. The van der Waals surface area contributed by atoms with Crippen LogP contribution in [0.2, 0.25) is 5.02 Å². The lowest BCUT2D eigenvalue weighted by Gasteiger charge is -2.17. The zero-order chi connectivity index (χ0) is 18.1. The zero-order valence-corrected chi connectivity index (χ0v) is 14.8. The van der Waals surface area contributed by atoms with Gasteiger partial charge < -0.3 is 15.0 Å². The second-order valence-electron chi connectivity index (χ2n) is 5.26. The number of carbonyl (C=O) groups is 3. The number of imide groups is 1. The Labute approximate surface area is 146 Å². The fraction of sp³-hybridized carbons (Fsp3) is 0.438. The van der Waals surface area contributed by atoms with Crippen LogP contribution in [0, 0.1) is 6.92 Å². The summed E-state index contributed by atoms with van der Waals surface area (Å²) in [5.41, 5.74) is 1.52. The standard InChI is InChI=1S/C16H22ClN3O4/c1-4-20(10-15(22)19-16(23)24-5-2)9-14(21)18-13-7-6-11(3)8-12(13)17/h6-8H,4-5,9-10H2,1-3H3,(H,18,21)(H,19,22,23)/p+1. The number of likely N-dealkylation sites (N-methyl/N-ethyl adjacent to an activating group) is 1. The molecule has 0 spiro atoms. The molecule has 1 atom stereocenters. The fourth-order valence-electron chi connectivity index (χ4n) is 2.01. The fourth-order valence-corrected chi connectivity index (χ4v) is 2.29. The van der Waals surface area contributed by atoms with Crippen LogP contribution in [0.4, 0.5) is 10.5 Å². The van der Waals surface area contributed by atoms with E-state index in [1.807, 2.05) is 19.9 Å². The van der Waals surface area contributed by atoms with Crippen LogP contribution in [0.15, 0.2) is 18.2 Å². The number of quaternary nitrogens is 1. The van der Waals surface area contributed by atoms with Gasteiger partial charge in [0, 0.05) is 0 Å². The Kier molecular flexibility index (Phi) is 8.21. The Bertz CT molecular complexity index is 607. The summed E-state index contributed by atoms with van der Waals surface area (Å²) < 4.78 is 4.64. The first-order valence-corrected chi connectivity index (χ1v) is 8.09. The van der Waals surface area contributed by atoms with Gasteiger partial charge in [0.1, 0.15) is 0 Å². The maximum absolute atomic E-state index is 12.1. The van der Waals surface area contributed by atoms with E-state index >= 15 is 0 Å². The molecule has 3 amide bonds. The van der Waals surface area contributed by atoms with Crippen LogP contribution in [-0.2, 0) is 14.3 Å². The SMILES string of the molecule is CCOC(=O)NC(=O)C[NH+](CC)CC(=O)Nc1ccc(C)cc1Cl. The highest BCUT2D eigenvalue weighted by Crippen LogP contribution is 2.22. The lowest BCUT2D eigenvalue weighted by atomic mass is 10.2. The molecule has 0 bridgehead atoms. The molecule has 7 nitrogen and oxygen atoms in total. The second kappa shape index (κ2) is 9.89. The number of hydrogen-bond donors (Lipinski definition) is 3. The third-order valence-corrected chi connectivity index (χ3v) is 3.55. The van der Waals surface area contributed by atoms with Gasteiger partial charge in [-0.1, -0.05) is 17.7 Å². The van der Waals surface area contributed by atoms with Gasteiger partial charge in [-0.3, -0.25) is 14.9 Å². The zero-order valence-electron chi connectivity index (χ0n) is 14.1. The number of carbonyl (C=O) groups excluding carboxylic acids is 3. The van der Waals surface area contributed by atoms with Crippen LogP contribution in [0.5, 0.6) is 0 Å². The van der Waals surface area contributed by atoms with E-state index in [0.717, 1.165) is 5.56 Å². The summed E-state index contributed by atoms with van der Waals surface area (Å²) in [4.78, 5) is 35.8. The number of halogens is 1. The minimum absolute atomic E-state index is 0.00956. The van der Waals surface area contributed by atoms with Gasteiger partial charge in [0.05, 0.1) is 23.9 Å². The average Bonchev–Trinajstić information content (AvgIpc) is 2.49. The number of nitrogens with one attached hydrogen (secondary N) is 3. The van der Waals surface area contributed by atoms with Crippen molar-refractivity contribution in [1.29, 1.82) is 0 Å². The highest BCUT2D eigenvalue weighted by Gasteiger charge is 2.19. The number of anilines is 1. The number of rotatable bonds is 7. The molecular weight excluding hydrogens is 334 g/mol. The van der Waals surface area contributed by atoms with Gasteiger partial charge in [0.15, 0.2) is 13.1 Å². The molecule has 0 aliphatic heterocycles. The van der Waals surface area contributed by atoms with E-state index < -0.39 is 12.0 Å². The third-order valence-electron chi connectivity index (χ3n) is 3.24. The van der Waals surface area contributed by atoms with E-state index in [1.54, 1.807) is 19.1 Å². The van der Waals surface area contributed by atoms with Gasteiger partial charge in [0.2, 0.25) is 0 Å². The van der Waals surface area contributed by atoms with Crippen molar-refractivity contribution in [2.75, 3.05) is 31.6 Å². The van der Waals surface area contributed by atoms with Crippen LogP contribution >= 0.6 is 11.6 Å². The lowest BCUT2D eigenvalue weighted by Crippen LogP contribution is -3.14. The molecule has 24 heavy (non-hydrogen) atoms. The van der Waals surface area contributed by atoms with Gasteiger partial charge in [-0.05, 0) is 38.5 Å². The molecule has 0 fully saturated rings. The molecule has 0 heterocycles. The van der Waals surface area contributed by atoms with Gasteiger partial charge >= 0.3 is 6.09 Å². The molecule has 3 N–H and O–H groups in total. The summed E-state index contributed by atoms with van der Waals surface area (Å²) in [6, 6.07) is 5.34. The van der Waals surface area contributed by atoms with Crippen LogP contribution in [-0.4, -0.2) is 44.1 Å². The Morgan fingerprint density at radius 1 is 1.17 bits per heavy atom. The summed E-state index contributed by atoms with van der Waals surface area (Å²) in [5.74, 6) is -0.756. The molecule has 0 radical (unpaired) electrons. The summed E-state index contributed by atoms with van der Waals surface area (Å²) in [5, 5.41) is 5.29. The van der Waals surface area contributed by atoms with E-state index in [0.29, 0.717) is 22.2 Å². The molecule has 1 unspecified atom stereocenters. The minimum Gasteiger partial charge on any atom is -0.450 e. The number of aryl methyl sites for hydroxylation is 1. The number of hydrogen-bond acceptors (Lipinski definition) is 4. The van der Waals surface area contributed by atoms with Crippen molar-refractivity contribution in [2.45, 2.75) is 20.8 Å². The Balaban J connectivity index is 2.53. The molecule has 132 valence electrons. The average molecular weight is 357 g/mol. The Morgan fingerprint density at radius 2 is 1.83 bits per heavy atom. The first-order valence-electron chi connectivity index (χ1n) is 7.71. The summed E-state index contributed by atoms with van der Waals surface area (Å²) in [6.45, 7) is 6.20. The highest BCUT2D eigenvalue weighted by molar-refractivity contribution is 6.33. The van der Waals surface area contributed by atoms with Crippen LogP contribution in [0.1, 0.15) is 19.4 Å². The minimum atomic E-state index is -0.783. The summed E-state index contributed by atoms with van der Waals surface area (Å²) in [6.07, 6.45) is -0.783.